The summed E-state index contributed by atoms with van der Waals surface area (Å²) in [5.74, 6) is -1.05. The summed E-state index contributed by atoms with van der Waals surface area (Å²) < 4.78 is 13.5. The minimum absolute atomic E-state index is 0.00422. The van der Waals surface area contributed by atoms with Gasteiger partial charge in [0, 0.05) is 97.4 Å². The number of aliphatic carboxylic acids is 1. The highest BCUT2D eigenvalue weighted by Crippen LogP contribution is 2.20. The molecule has 16 nitrogen and oxygen atoms in total. The Balaban J connectivity index is 0.000000192. The first-order valence-corrected chi connectivity index (χ1v) is 23.4. The van der Waals surface area contributed by atoms with Crippen molar-refractivity contribution in [1.82, 2.24) is 39.0 Å². The van der Waals surface area contributed by atoms with Gasteiger partial charge in [0.05, 0.1) is 30.3 Å². The molecule has 0 aliphatic heterocycles. The van der Waals surface area contributed by atoms with Crippen LogP contribution < -0.4 is 16.9 Å². The minimum Gasteiger partial charge on any atom is -0.480 e. The Kier molecular flexibility index (Phi) is 19.8. The molecular formula is C53H61N9O7. The first-order chi connectivity index (χ1) is 33.7. The van der Waals surface area contributed by atoms with E-state index >= 15 is 0 Å². The molecule has 6 aromatic heterocycles. The number of pyridine rings is 2. The van der Waals surface area contributed by atoms with E-state index in [4.69, 9.17) is 20.3 Å². The number of benzene rings is 2. The third kappa shape index (κ3) is 15.0. The minimum atomic E-state index is -1.05. The van der Waals surface area contributed by atoms with Gasteiger partial charge in [-0.05, 0) is 94.2 Å². The van der Waals surface area contributed by atoms with Crippen molar-refractivity contribution in [2.45, 2.75) is 84.8 Å². The lowest BCUT2D eigenvalue weighted by molar-refractivity contribution is -0.137. The molecule has 6 heterocycles. The number of H-pyrrole nitrogens is 2. The van der Waals surface area contributed by atoms with Gasteiger partial charge in [0.25, 0.3) is 11.1 Å². The maximum atomic E-state index is 13.3. The number of ether oxygens (including phenoxy) is 2. The number of ketones is 1. The van der Waals surface area contributed by atoms with E-state index in [1.807, 2.05) is 105 Å². The monoisotopic (exact) mass is 935 g/mol. The Morgan fingerprint density at radius 1 is 0.623 bits per heavy atom. The van der Waals surface area contributed by atoms with Gasteiger partial charge in [0.15, 0.2) is 5.78 Å². The predicted octanol–water partition coefficient (Wildman–Crippen LogP) is 7.72. The molecule has 2 aromatic carbocycles. The molecule has 0 aliphatic rings. The number of carboxylic acid groups (broad SMARTS) is 1. The van der Waals surface area contributed by atoms with Crippen molar-refractivity contribution in [3.05, 3.63) is 166 Å². The van der Waals surface area contributed by atoms with Crippen molar-refractivity contribution in [2.75, 3.05) is 26.4 Å². The van der Waals surface area contributed by atoms with Gasteiger partial charge < -0.3 is 30.3 Å². The smallest absolute Gasteiger partial charge is 0.323 e. The third-order valence-electron chi connectivity index (χ3n) is 11.2. The molecule has 0 atom stereocenters. The third-order valence-corrected chi connectivity index (χ3v) is 11.2. The van der Waals surface area contributed by atoms with E-state index < -0.39 is 5.97 Å². The zero-order valence-corrected chi connectivity index (χ0v) is 39.3. The number of fused-ring (bicyclic) bond motifs is 2. The van der Waals surface area contributed by atoms with Gasteiger partial charge in [-0.25, -0.2) is 0 Å². The van der Waals surface area contributed by atoms with Gasteiger partial charge in [-0.15, -0.1) is 0 Å². The van der Waals surface area contributed by atoms with Gasteiger partial charge in [0.1, 0.15) is 17.9 Å². The van der Waals surface area contributed by atoms with Crippen LogP contribution in [0.1, 0.15) is 68.7 Å². The van der Waals surface area contributed by atoms with E-state index in [1.165, 1.54) is 4.57 Å². The summed E-state index contributed by atoms with van der Waals surface area (Å²) in [5, 5.41) is 11.3. The molecule has 0 amide bonds. The molecule has 360 valence electrons. The standard InChI is InChI=1S/C27H30N4O3.C18H22N2O4.C8H9N3/c1-2-34-15-7-6-10-25-27(33)31(26(18-29-25)20-8-4-3-5-9-20)19-23(32)12-11-22-16-21-17-28-14-13-24(21)30-22;1-2-24-11-7-6-10-15-18(23)20(13-17(21)22)16(12-19-15)14-8-4-3-5-9-14;9-4-7-3-6-5-10-2-1-8(6)11-7/h3-5,8-9,13-14,16-18,30H,2,6-7,10-12,15,19H2,1H3;3-5,8-9,12H,2,6-7,10-11,13H2,1H3,(H,21,22);1-3,5,11H,4,9H2. The molecule has 0 saturated heterocycles. The normalized spacial score (nSPS) is 10.9. The lowest BCUT2D eigenvalue weighted by Gasteiger charge is -2.14. The molecule has 0 unspecified atom stereocenters. The van der Waals surface area contributed by atoms with Crippen LogP contribution in [0.2, 0.25) is 0 Å². The first-order valence-electron chi connectivity index (χ1n) is 23.4. The van der Waals surface area contributed by atoms with Gasteiger partial charge in [0.2, 0.25) is 0 Å². The fraction of sp³-hybridized carbons (Fsp3) is 0.321. The molecule has 0 aliphatic carbocycles. The molecule has 8 rings (SSSR count). The second kappa shape index (κ2) is 26.8. The highest BCUT2D eigenvalue weighted by Gasteiger charge is 2.17. The topological polar surface area (TPSA) is 226 Å². The molecule has 0 radical (unpaired) electrons. The summed E-state index contributed by atoms with van der Waals surface area (Å²) in [4.78, 5) is 73.4. The van der Waals surface area contributed by atoms with E-state index in [2.05, 4.69) is 29.9 Å². The number of Topliss-reactive ketones (excluding diaryl/α,β-unsaturated/α-hetero) is 1. The Bertz CT molecular complexity index is 2920. The fourth-order valence-corrected chi connectivity index (χ4v) is 7.65. The SMILES string of the molecule is CCOCCCCc1ncc(-c2ccccc2)n(CC(=O)CCc2cc3cnccc3[nH]2)c1=O.CCOCCCCc1ncc(-c2ccccc2)n(CC(=O)O)c1=O.NCc1cc2cnccc2[nH]1. The highest BCUT2D eigenvalue weighted by atomic mass is 16.5. The summed E-state index contributed by atoms with van der Waals surface area (Å²) in [5.41, 5.74) is 12.8. The van der Waals surface area contributed by atoms with Crippen LogP contribution in [0.3, 0.4) is 0 Å². The number of hydrogen-bond donors (Lipinski definition) is 4. The van der Waals surface area contributed by atoms with E-state index in [-0.39, 0.29) is 30.0 Å². The number of aromatic nitrogens is 8. The second-order valence-electron chi connectivity index (χ2n) is 16.2. The summed E-state index contributed by atoms with van der Waals surface area (Å²) >= 11 is 0. The average molecular weight is 936 g/mol. The molecule has 5 N–H and O–H groups in total. The molecule has 0 saturated carbocycles. The Hall–Kier alpha value is -7.40. The molecule has 0 fully saturated rings. The van der Waals surface area contributed by atoms with E-state index in [9.17, 15) is 19.2 Å². The van der Waals surface area contributed by atoms with Crippen LogP contribution in [-0.4, -0.2) is 82.3 Å². The van der Waals surface area contributed by atoms with E-state index in [1.54, 1.807) is 35.6 Å². The van der Waals surface area contributed by atoms with Crippen molar-refractivity contribution >= 4 is 33.6 Å². The summed E-state index contributed by atoms with van der Waals surface area (Å²) in [6.07, 6.45) is 15.7. The van der Waals surface area contributed by atoms with Crippen LogP contribution in [0.4, 0.5) is 0 Å². The van der Waals surface area contributed by atoms with Crippen LogP contribution in [-0.2, 0) is 58.0 Å². The molecule has 8 aromatic rings. The quantitative estimate of drug-likeness (QED) is 0.0479. The number of nitrogens with two attached hydrogens (primary N) is 1. The second-order valence-corrected chi connectivity index (χ2v) is 16.2. The van der Waals surface area contributed by atoms with Crippen molar-refractivity contribution in [3.63, 3.8) is 0 Å². The van der Waals surface area contributed by atoms with Crippen molar-refractivity contribution < 1.29 is 24.2 Å². The number of hydrogen-bond acceptors (Lipinski definition) is 11. The van der Waals surface area contributed by atoms with E-state index in [0.29, 0.717) is 81.4 Å². The van der Waals surface area contributed by atoms with Gasteiger partial charge in [-0.3, -0.25) is 48.2 Å². The van der Waals surface area contributed by atoms with Gasteiger partial charge >= 0.3 is 5.97 Å². The number of nitrogens with zero attached hydrogens (tertiary/aromatic N) is 6. The number of carbonyl (C=O) groups excluding carboxylic acids is 1. The Morgan fingerprint density at radius 3 is 1.57 bits per heavy atom. The van der Waals surface area contributed by atoms with Crippen molar-refractivity contribution in [1.29, 1.82) is 0 Å². The number of carbonyl (C=O) groups is 2. The van der Waals surface area contributed by atoms with Crippen molar-refractivity contribution in [2.24, 2.45) is 5.73 Å². The van der Waals surface area contributed by atoms with Crippen LogP contribution in [0.5, 0.6) is 0 Å². The lowest BCUT2D eigenvalue weighted by atomic mass is 10.1. The van der Waals surface area contributed by atoms with Gasteiger partial charge in [-0.2, -0.15) is 0 Å². The van der Waals surface area contributed by atoms with Crippen LogP contribution >= 0.6 is 0 Å². The zero-order chi connectivity index (χ0) is 48.8. The maximum absolute atomic E-state index is 13.3. The molecule has 0 bridgehead atoms. The summed E-state index contributed by atoms with van der Waals surface area (Å²) in [7, 11) is 0. The first kappa shape index (κ1) is 51.0. The predicted molar refractivity (Wildman–Crippen MR) is 268 cm³/mol. The number of aryl methyl sites for hydroxylation is 3. The molecule has 0 spiro atoms. The number of rotatable bonds is 22. The van der Waals surface area contributed by atoms with Crippen LogP contribution in [0.25, 0.3) is 44.3 Å². The number of carboxylic acids is 1. The lowest BCUT2D eigenvalue weighted by Crippen LogP contribution is -2.29. The number of unbranched alkanes of at least 4 members (excludes halogenated alkanes) is 2. The molecular weight excluding hydrogens is 875 g/mol. The largest absolute Gasteiger partial charge is 0.480 e. The Morgan fingerprint density at radius 2 is 1.10 bits per heavy atom. The molecule has 16 heteroatoms. The zero-order valence-electron chi connectivity index (χ0n) is 39.3. The number of nitrogens with one attached hydrogen (secondary N) is 2. The van der Waals surface area contributed by atoms with Gasteiger partial charge in [-0.1, -0.05) is 60.7 Å². The summed E-state index contributed by atoms with van der Waals surface area (Å²) in [6, 6.07) is 26.7. The Labute approximate surface area is 400 Å². The molecule has 69 heavy (non-hydrogen) atoms. The summed E-state index contributed by atoms with van der Waals surface area (Å²) in [6.45, 7) is 6.80. The van der Waals surface area contributed by atoms with Crippen LogP contribution in [0.15, 0.2) is 132 Å². The average Bonchev–Trinajstić information content (AvgIpc) is 4.00. The maximum Gasteiger partial charge on any atom is 0.323 e. The van der Waals surface area contributed by atoms with Crippen LogP contribution in [0, 0.1) is 0 Å². The van der Waals surface area contributed by atoms with E-state index in [0.717, 1.165) is 70.0 Å². The highest BCUT2D eigenvalue weighted by molar-refractivity contribution is 5.81. The van der Waals surface area contributed by atoms with Crippen molar-refractivity contribution in [3.8, 4) is 22.5 Å². The number of aromatic amines is 2. The fourth-order valence-electron chi connectivity index (χ4n) is 7.65.